The van der Waals surface area contributed by atoms with E-state index in [1.54, 1.807) is 42.5 Å². The van der Waals surface area contributed by atoms with Gasteiger partial charge in [0.15, 0.2) is 0 Å². The molecule has 5 nitrogen and oxygen atoms in total. The van der Waals surface area contributed by atoms with Gasteiger partial charge in [-0.25, -0.2) is 10.2 Å². The van der Waals surface area contributed by atoms with Crippen LogP contribution >= 0.6 is 23.2 Å². The Morgan fingerprint density at radius 2 is 1.84 bits per heavy atom. The van der Waals surface area contributed by atoms with Gasteiger partial charge in [-0.05, 0) is 42.5 Å². The molecule has 0 bridgehead atoms. The molecule has 0 saturated carbocycles. The number of benzene rings is 2. The second-order valence-corrected chi connectivity index (χ2v) is 5.86. The van der Waals surface area contributed by atoms with Crippen LogP contribution in [0.1, 0.15) is 5.76 Å². The Hall–Kier alpha value is -2.76. The van der Waals surface area contributed by atoms with Crippen LogP contribution in [0.4, 0.5) is 10.5 Å². The molecule has 0 aliphatic heterocycles. The number of rotatable bonds is 4. The van der Waals surface area contributed by atoms with Crippen LogP contribution in [0.15, 0.2) is 70.2 Å². The predicted molar refractivity (Wildman–Crippen MR) is 100 cm³/mol. The van der Waals surface area contributed by atoms with Gasteiger partial charge in [-0.1, -0.05) is 41.4 Å². The molecule has 2 aromatic carbocycles. The summed E-state index contributed by atoms with van der Waals surface area (Å²) in [4.78, 5) is 11.7. The molecule has 0 saturated heterocycles. The molecule has 7 heteroatoms. The van der Waals surface area contributed by atoms with Gasteiger partial charge in [0.2, 0.25) is 0 Å². The highest BCUT2D eigenvalue weighted by Gasteiger charge is 2.08. The summed E-state index contributed by atoms with van der Waals surface area (Å²) in [6, 6.07) is 17.2. The summed E-state index contributed by atoms with van der Waals surface area (Å²) in [7, 11) is 0. The smallest absolute Gasteiger partial charge is 0.339 e. The van der Waals surface area contributed by atoms with Gasteiger partial charge in [-0.15, -0.1) is 0 Å². The Labute approximate surface area is 154 Å². The van der Waals surface area contributed by atoms with Gasteiger partial charge in [0.25, 0.3) is 0 Å². The number of carbonyl (C=O) groups is 1. The van der Waals surface area contributed by atoms with E-state index >= 15 is 0 Å². The van der Waals surface area contributed by atoms with Gasteiger partial charge < -0.3 is 9.73 Å². The minimum absolute atomic E-state index is 0.449. The first-order chi connectivity index (χ1) is 12.1. The van der Waals surface area contributed by atoms with Gasteiger partial charge in [-0.3, -0.25) is 0 Å². The van der Waals surface area contributed by atoms with Gasteiger partial charge in [0.1, 0.15) is 11.5 Å². The maximum atomic E-state index is 11.7. The van der Waals surface area contributed by atoms with Gasteiger partial charge in [0.05, 0.1) is 11.2 Å². The van der Waals surface area contributed by atoms with E-state index in [1.807, 2.05) is 18.2 Å². The minimum Gasteiger partial charge on any atom is -0.455 e. The van der Waals surface area contributed by atoms with E-state index in [0.717, 1.165) is 5.56 Å². The Kier molecular flexibility index (Phi) is 5.38. The molecule has 0 spiro atoms. The van der Waals surface area contributed by atoms with E-state index in [2.05, 4.69) is 15.8 Å². The molecule has 1 aromatic heterocycles. The SMILES string of the molecule is O=C(NN=Cc1ccc(-c2ccc(Cl)cc2Cl)o1)Nc1ccccc1. The molecular formula is C18H13Cl2N3O2. The highest BCUT2D eigenvalue weighted by Crippen LogP contribution is 2.31. The molecule has 25 heavy (non-hydrogen) atoms. The summed E-state index contributed by atoms with van der Waals surface area (Å²) in [5.41, 5.74) is 3.76. The summed E-state index contributed by atoms with van der Waals surface area (Å²) in [6.07, 6.45) is 1.40. The average Bonchev–Trinajstić information content (AvgIpc) is 3.04. The molecule has 0 atom stereocenters. The van der Waals surface area contributed by atoms with Crippen LogP contribution in [0.3, 0.4) is 0 Å². The van der Waals surface area contributed by atoms with Crippen molar-refractivity contribution in [1.29, 1.82) is 0 Å². The lowest BCUT2D eigenvalue weighted by Crippen LogP contribution is -2.24. The first kappa shape index (κ1) is 17.1. The van der Waals surface area contributed by atoms with Gasteiger partial charge in [0, 0.05) is 16.3 Å². The highest BCUT2D eigenvalue weighted by atomic mass is 35.5. The molecule has 0 unspecified atom stereocenters. The third-order valence-electron chi connectivity index (χ3n) is 3.21. The van der Waals surface area contributed by atoms with Crippen molar-refractivity contribution in [2.24, 2.45) is 5.10 Å². The van der Waals surface area contributed by atoms with Crippen molar-refractivity contribution in [3.63, 3.8) is 0 Å². The summed E-state index contributed by atoms with van der Waals surface area (Å²) in [6.45, 7) is 0. The van der Waals surface area contributed by atoms with Crippen molar-refractivity contribution in [2.45, 2.75) is 0 Å². The van der Waals surface area contributed by atoms with E-state index in [1.165, 1.54) is 6.21 Å². The standard InChI is InChI=1S/C18H13Cl2N3O2/c19-12-6-8-15(16(20)10-12)17-9-7-14(25-17)11-21-23-18(24)22-13-4-2-1-3-5-13/h1-11H,(H2,22,23,24). The minimum atomic E-state index is -0.449. The second-order valence-electron chi connectivity index (χ2n) is 5.02. The number of halogens is 2. The van der Waals surface area contributed by atoms with Crippen LogP contribution in [0.25, 0.3) is 11.3 Å². The summed E-state index contributed by atoms with van der Waals surface area (Å²) in [5.74, 6) is 1.05. The number of hydrogen-bond donors (Lipinski definition) is 2. The number of amides is 2. The lowest BCUT2D eigenvalue weighted by atomic mass is 10.2. The van der Waals surface area contributed by atoms with Crippen LogP contribution in [0, 0.1) is 0 Å². The number of urea groups is 1. The second kappa shape index (κ2) is 7.88. The third kappa shape index (κ3) is 4.62. The summed E-state index contributed by atoms with van der Waals surface area (Å²) < 4.78 is 5.64. The molecule has 126 valence electrons. The normalized spacial score (nSPS) is 10.8. The quantitative estimate of drug-likeness (QED) is 0.474. The molecular weight excluding hydrogens is 361 g/mol. The number of hydrogen-bond acceptors (Lipinski definition) is 3. The first-order valence-corrected chi connectivity index (χ1v) is 8.08. The lowest BCUT2D eigenvalue weighted by Gasteiger charge is -2.02. The van der Waals surface area contributed by atoms with Crippen LogP contribution in [-0.2, 0) is 0 Å². The van der Waals surface area contributed by atoms with Crippen LogP contribution in [-0.4, -0.2) is 12.2 Å². The Balaban J connectivity index is 1.61. The summed E-state index contributed by atoms with van der Waals surface area (Å²) in [5, 5.41) is 7.54. The van der Waals surface area contributed by atoms with Gasteiger partial charge >= 0.3 is 6.03 Å². The van der Waals surface area contributed by atoms with E-state index in [0.29, 0.717) is 27.3 Å². The predicted octanol–water partition coefficient (Wildman–Crippen LogP) is 5.41. The van der Waals surface area contributed by atoms with Crippen molar-refractivity contribution >= 4 is 41.1 Å². The number of furan rings is 1. The van der Waals surface area contributed by atoms with Crippen LogP contribution in [0.2, 0.25) is 10.0 Å². The number of hydrazone groups is 1. The molecule has 0 aliphatic carbocycles. The monoisotopic (exact) mass is 373 g/mol. The van der Waals surface area contributed by atoms with E-state index in [-0.39, 0.29) is 0 Å². The van der Waals surface area contributed by atoms with Crippen molar-refractivity contribution in [2.75, 3.05) is 5.32 Å². The highest BCUT2D eigenvalue weighted by molar-refractivity contribution is 6.36. The number of nitrogens with one attached hydrogen (secondary N) is 2. The number of nitrogens with zero attached hydrogens (tertiary/aromatic N) is 1. The fourth-order valence-corrected chi connectivity index (χ4v) is 2.59. The molecule has 3 rings (SSSR count). The fraction of sp³-hybridized carbons (Fsp3) is 0. The van der Waals surface area contributed by atoms with Crippen molar-refractivity contribution in [3.8, 4) is 11.3 Å². The largest absolute Gasteiger partial charge is 0.455 e. The number of carbonyl (C=O) groups excluding carboxylic acids is 1. The lowest BCUT2D eigenvalue weighted by molar-refractivity contribution is 0.252. The van der Waals surface area contributed by atoms with Crippen molar-refractivity contribution in [3.05, 3.63) is 76.5 Å². The topological polar surface area (TPSA) is 66.6 Å². The van der Waals surface area contributed by atoms with Crippen LogP contribution in [0.5, 0.6) is 0 Å². The maximum absolute atomic E-state index is 11.7. The zero-order valence-electron chi connectivity index (χ0n) is 12.9. The zero-order valence-corrected chi connectivity index (χ0v) is 14.4. The Morgan fingerprint density at radius 1 is 1.04 bits per heavy atom. The number of anilines is 1. The molecule has 2 amide bonds. The molecule has 0 fully saturated rings. The molecule has 2 N–H and O–H groups in total. The van der Waals surface area contributed by atoms with Crippen molar-refractivity contribution in [1.82, 2.24) is 5.43 Å². The average molecular weight is 374 g/mol. The van der Waals surface area contributed by atoms with E-state index in [4.69, 9.17) is 27.6 Å². The maximum Gasteiger partial charge on any atom is 0.339 e. The number of para-hydroxylation sites is 1. The molecule has 0 aliphatic rings. The summed E-state index contributed by atoms with van der Waals surface area (Å²) >= 11 is 12.0. The fourth-order valence-electron chi connectivity index (χ4n) is 2.09. The van der Waals surface area contributed by atoms with Crippen molar-refractivity contribution < 1.29 is 9.21 Å². The zero-order chi connectivity index (χ0) is 17.6. The molecule has 1 heterocycles. The van der Waals surface area contributed by atoms with E-state index < -0.39 is 6.03 Å². The third-order valence-corrected chi connectivity index (χ3v) is 3.76. The van der Waals surface area contributed by atoms with Gasteiger partial charge in [-0.2, -0.15) is 5.10 Å². The molecule has 3 aromatic rings. The first-order valence-electron chi connectivity index (χ1n) is 7.32. The van der Waals surface area contributed by atoms with E-state index in [9.17, 15) is 4.79 Å². The Bertz CT molecular complexity index is 908. The Morgan fingerprint density at radius 3 is 2.60 bits per heavy atom. The molecule has 0 radical (unpaired) electrons. The van der Waals surface area contributed by atoms with Crippen LogP contribution < -0.4 is 10.7 Å².